The van der Waals surface area contributed by atoms with E-state index in [1.165, 1.54) is 17.0 Å². The summed E-state index contributed by atoms with van der Waals surface area (Å²) in [4.78, 5) is 29.2. The molecule has 2 heterocycles. The second kappa shape index (κ2) is 10.9. The van der Waals surface area contributed by atoms with Crippen molar-refractivity contribution in [1.82, 2.24) is 20.0 Å². The lowest BCUT2D eigenvalue weighted by molar-refractivity contribution is -0.143. The van der Waals surface area contributed by atoms with E-state index in [4.69, 9.17) is 21.1 Å². The summed E-state index contributed by atoms with van der Waals surface area (Å²) >= 11 is 6.38. The number of piperidine rings is 1. The van der Waals surface area contributed by atoms with Crippen LogP contribution in [0.1, 0.15) is 50.8 Å². The predicted octanol–water partition coefficient (Wildman–Crippen LogP) is 5.47. The molecule has 1 aliphatic heterocycles. The number of likely N-dealkylation sites (tertiary alicyclic amines) is 1. The van der Waals surface area contributed by atoms with Crippen LogP contribution in [0.15, 0.2) is 42.6 Å². The van der Waals surface area contributed by atoms with Crippen LogP contribution in [0.3, 0.4) is 0 Å². The highest BCUT2D eigenvalue weighted by atomic mass is 35.5. The number of hydrogen-bond donors (Lipinski definition) is 1. The molecule has 1 unspecified atom stereocenters. The summed E-state index contributed by atoms with van der Waals surface area (Å²) in [6, 6.07) is 9.82. The van der Waals surface area contributed by atoms with Crippen LogP contribution in [0, 0.1) is 5.82 Å². The number of carbonyl (C=O) groups excluding carboxylic acids is 2. The highest BCUT2D eigenvalue weighted by Gasteiger charge is 2.40. The fourth-order valence-electron chi connectivity index (χ4n) is 4.79. The van der Waals surface area contributed by atoms with Crippen molar-refractivity contribution in [3.8, 4) is 0 Å². The molecule has 4 rings (SSSR count). The first-order valence-electron chi connectivity index (χ1n) is 12.6. The largest absolute Gasteiger partial charge is 0.444 e. The molecule has 0 radical (unpaired) electrons. The number of halogens is 2. The van der Waals surface area contributed by atoms with Gasteiger partial charge in [0.05, 0.1) is 18.3 Å². The molecular weight excluding hydrogens is 511 g/mol. The Balaban J connectivity index is 1.64. The Labute approximate surface area is 227 Å². The summed E-state index contributed by atoms with van der Waals surface area (Å²) in [6.07, 6.45) is 1.43. The average molecular weight is 545 g/mol. The van der Waals surface area contributed by atoms with Crippen LogP contribution in [0.5, 0.6) is 0 Å². The van der Waals surface area contributed by atoms with Crippen LogP contribution < -0.4 is 0 Å². The van der Waals surface area contributed by atoms with Gasteiger partial charge in [0, 0.05) is 48.6 Å². The number of fused-ring (bicyclic) bond motifs is 1. The van der Waals surface area contributed by atoms with Gasteiger partial charge in [-0.3, -0.25) is 9.89 Å². The third-order valence-corrected chi connectivity index (χ3v) is 7.07. The number of aromatic amines is 1. The van der Waals surface area contributed by atoms with Crippen LogP contribution in [0.25, 0.3) is 10.9 Å². The fourth-order valence-corrected chi connectivity index (χ4v) is 5.02. The van der Waals surface area contributed by atoms with E-state index in [-0.39, 0.29) is 24.4 Å². The van der Waals surface area contributed by atoms with E-state index >= 15 is 0 Å². The monoisotopic (exact) mass is 544 g/mol. The average Bonchev–Trinajstić information content (AvgIpc) is 3.32. The lowest BCUT2D eigenvalue weighted by atomic mass is 9.73. The van der Waals surface area contributed by atoms with Crippen LogP contribution in [-0.2, 0) is 19.7 Å². The first-order valence-corrected chi connectivity index (χ1v) is 13.0. The van der Waals surface area contributed by atoms with Crippen LogP contribution in [-0.4, -0.2) is 71.4 Å². The summed E-state index contributed by atoms with van der Waals surface area (Å²) in [6.45, 7) is 6.54. The van der Waals surface area contributed by atoms with Gasteiger partial charge in [0.2, 0.25) is 0 Å². The smallest absolute Gasteiger partial charge is 0.410 e. The van der Waals surface area contributed by atoms with Crippen LogP contribution >= 0.6 is 11.6 Å². The number of nitrogens with zero attached hydrogens (tertiary/aromatic N) is 3. The topological polar surface area (TPSA) is 87.8 Å². The third-order valence-electron chi connectivity index (χ3n) is 6.85. The lowest BCUT2D eigenvalue weighted by Crippen LogP contribution is -2.49. The fraction of sp³-hybridized carbons (Fsp3) is 0.464. The maximum absolute atomic E-state index is 13.8. The molecule has 0 saturated carbocycles. The van der Waals surface area contributed by atoms with Gasteiger partial charge in [-0.25, -0.2) is 9.18 Å². The number of nitrogens with one attached hydrogen (secondary N) is 1. The second-order valence-electron chi connectivity index (χ2n) is 11.0. The number of carbonyl (C=O) groups is 2. The molecular formula is C28H34ClFN4O4. The maximum atomic E-state index is 13.8. The van der Waals surface area contributed by atoms with E-state index in [0.717, 1.165) is 10.9 Å². The number of H-pyrrole nitrogens is 1. The zero-order valence-electron chi connectivity index (χ0n) is 22.4. The van der Waals surface area contributed by atoms with E-state index in [2.05, 4.69) is 10.2 Å². The van der Waals surface area contributed by atoms with Gasteiger partial charge in [-0.05, 0) is 63.4 Å². The summed E-state index contributed by atoms with van der Waals surface area (Å²) < 4.78 is 25.8. The first kappa shape index (κ1) is 27.9. The minimum atomic E-state index is -0.951. The summed E-state index contributed by atoms with van der Waals surface area (Å²) in [5.74, 6) is -0.583. The quantitative estimate of drug-likeness (QED) is 0.444. The van der Waals surface area contributed by atoms with Gasteiger partial charge in [0.15, 0.2) is 6.10 Å². The number of amides is 2. The SMILES string of the molecule is CN(C)C(=O)C(OCC1(c2ccc(F)cc2)CCN(C(=O)OC(C)(C)C)CC1)c1cc(Cl)cc2cn[nH]c12. The molecule has 1 aliphatic rings. The molecule has 1 aromatic heterocycles. The van der Waals surface area contributed by atoms with E-state index < -0.39 is 17.1 Å². The summed E-state index contributed by atoms with van der Waals surface area (Å²) in [5, 5.41) is 8.30. The molecule has 1 fully saturated rings. The Hall–Kier alpha value is -3.17. The van der Waals surface area contributed by atoms with Gasteiger partial charge in [-0.15, -0.1) is 0 Å². The predicted molar refractivity (Wildman–Crippen MR) is 144 cm³/mol. The molecule has 204 valence electrons. The number of rotatable bonds is 6. The van der Waals surface area contributed by atoms with Crippen LogP contribution in [0.4, 0.5) is 9.18 Å². The van der Waals surface area contributed by atoms with Crippen molar-refractivity contribution in [3.05, 3.63) is 64.6 Å². The highest BCUT2D eigenvalue weighted by Crippen LogP contribution is 2.39. The molecule has 1 N–H and O–H groups in total. The second-order valence-corrected chi connectivity index (χ2v) is 11.4. The van der Waals surface area contributed by atoms with E-state index in [9.17, 15) is 14.0 Å². The van der Waals surface area contributed by atoms with Crippen LogP contribution in [0.2, 0.25) is 5.02 Å². The first-order chi connectivity index (χ1) is 17.9. The molecule has 1 saturated heterocycles. The van der Waals surface area contributed by atoms with Gasteiger partial charge in [-0.1, -0.05) is 23.7 Å². The molecule has 38 heavy (non-hydrogen) atoms. The standard InChI is InChI=1S/C28H34ClFN4O4/c1-27(2,3)38-26(36)34-12-10-28(11-13-34,19-6-8-21(30)9-7-19)17-37-24(25(35)33(4)5)22-15-20(29)14-18-16-31-32-23(18)22/h6-9,14-16,24H,10-13,17H2,1-5H3,(H,31,32). The molecule has 1 atom stereocenters. The Morgan fingerprint density at radius 3 is 2.45 bits per heavy atom. The number of aromatic nitrogens is 2. The number of hydrogen-bond acceptors (Lipinski definition) is 5. The van der Waals surface area contributed by atoms with Crippen molar-refractivity contribution in [2.45, 2.75) is 50.7 Å². The van der Waals surface area contributed by atoms with Gasteiger partial charge in [-0.2, -0.15) is 5.10 Å². The van der Waals surface area contributed by atoms with Crippen molar-refractivity contribution in [1.29, 1.82) is 0 Å². The van der Waals surface area contributed by atoms with Gasteiger partial charge >= 0.3 is 6.09 Å². The number of ether oxygens (including phenoxy) is 2. The van der Waals surface area contributed by atoms with Gasteiger partial charge in [0.25, 0.3) is 5.91 Å². The molecule has 0 aliphatic carbocycles. The zero-order valence-corrected chi connectivity index (χ0v) is 23.1. The minimum Gasteiger partial charge on any atom is -0.444 e. The van der Waals surface area contributed by atoms with Gasteiger partial charge < -0.3 is 19.3 Å². The minimum absolute atomic E-state index is 0.174. The van der Waals surface area contributed by atoms with Crippen molar-refractivity contribution in [2.75, 3.05) is 33.8 Å². The van der Waals surface area contributed by atoms with Crippen molar-refractivity contribution in [2.24, 2.45) is 0 Å². The van der Waals surface area contributed by atoms with E-state index in [1.54, 1.807) is 49.5 Å². The molecule has 0 spiro atoms. The maximum Gasteiger partial charge on any atom is 0.410 e. The Morgan fingerprint density at radius 2 is 1.84 bits per heavy atom. The Morgan fingerprint density at radius 1 is 1.18 bits per heavy atom. The molecule has 0 bridgehead atoms. The molecule has 2 aromatic carbocycles. The number of likely N-dealkylation sites (N-methyl/N-ethyl adjacent to an activating group) is 1. The molecule has 10 heteroatoms. The Bertz CT molecular complexity index is 1290. The van der Waals surface area contributed by atoms with E-state index in [1.807, 2.05) is 20.8 Å². The molecule has 3 aromatic rings. The normalized spacial score (nSPS) is 16.3. The highest BCUT2D eigenvalue weighted by molar-refractivity contribution is 6.31. The van der Waals surface area contributed by atoms with Crippen molar-refractivity contribution >= 4 is 34.5 Å². The Kier molecular flexibility index (Phi) is 7.99. The molecule has 2 amide bonds. The molecule has 8 nitrogen and oxygen atoms in total. The van der Waals surface area contributed by atoms with Crippen molar-refractivity contribution in [3.63, 3.8) is 0 Å². The van der Waals surface area contributed by atoms with E-state index in [0.29, 0.717) is 42.0 Å². The third kappa shape index (κ3) is 6.10. The number of benzene rings is 2. The van der Waals surface area contributed by atoms with Crippen molar-refractivity contribution < 1.29 is 23.5 Å². The zero-order chi connectivity index (χ0) is 27.7. The van der Waals surface area contributed by atoms with Gasteiger partial charge in [0.1, 0.15) is 11.4 Å². The lowest BCUT2D eigenvalue weighted by Gasteiger charge is -2.43. The summed E-state index contributed by atoms with van der Waals surface area (Å²) in [7, 11) is 3.34. The summed E-state index contributed by atoms with van der Waals surface area (Å²) in [5.41, 5.74) is 0.995.